The predicted molar refractivity (Wildman–Crippen MR) is 125 cm³/mol. The van der Waals surface area contributed by atoms with Gasteiger partial charge < -0.3 is 0 Å². The average molecular weight is 476 g/mol. The first-order valence-corrected chi connectivity index (χ1v) is 13.0. The summed E-state index contributed by atoms with van der Waals surface area (Å²) >= 11 is 0. The Morgan fingerprint density at radius 3 is 1.71 bits per heavy atom. The van der Waals surface area contributed by atoms with E-state index in [1.54, 1.807) is 6.92 Å². The summed E-state index contributed by atoms with van der Waals surface area (Å²) < 4.78 is 0. The number of fused-ring (bicyclic) bond motifs is 4. The lowest BCUT2D eigenvalue weighted by molar-refractivity contribution is -0.521. The van der Waals surface area contributed by atoms with Crippen LogP contribution in [0.25, 0.3) is 0 Å². The van der Waals surface area contributed by atoms with Crippen molar-refractivity contribution in [3.8, 4) is 0 Å². The van der Waals surface area contributed by atoms with Crippen LogP contribution in [0, 0.1) is 34.5 Å². The van der Waals surface area contributed by atoms with Crippen LogP contribution in [-0.2, 0) is 29.1 Å². The number of nitrogens with zero attached hydrogens (tertiary/aromatic N) is 1. The minimum Gasteiger partial charge on any atom is -0.270 e. The smallest absolute Gasteiger partial charge is 0.256 e. The molecule has 0 saturated heterocycles. The van der Waals surface area contributed by atoms with Crippen molar-refractivity contribution in [3.63, 3.8) is 0 Å². The lowest BCUT2D eigenvalue weighted by Gasteiger charge is -2.63. The van der Waals surface area contributed by atoms with Crippen molar-refractivity contribution in [3.05, 3.63) is 11.6 Å². The van der Waals surface area contributed by atoms with Crippen LogP contribution in [0.4, 0.5) is 0 Å². The van der Waals surface area contributed by atoms with Crippen molar-refractivity contribution < 1.29 is 29.1 Å². The summed E-state index contributed by atoms with van der Waals surface area (Å²) in [5, 5.41) is 0. The van der Waals surface area contributed by atoms with Crippen LogP contribution in [0.5, 0.6) is 0 Å². The molecular formula is C27H41NO6. The second-order valence-electron chi connectivity index (χ2n) is 13.2. The molecule has 0 radical (unpaired) electrons. The monoisotopic (exact) mass is 475 g/mol. The Hall–Kier alpha value is -1.28. The van der Waals surface area contributed by atoms with E-state index in [1.807, 2.05) is 0 Å². The van der Waals surface area contributed by atoms with E-state index in [2.05, 4.69) is 41.5 Å². The summed E-state index contributed by atoms with van der Waals surface area (Å²) in [6, 6.07) is 0. The molecule has 190 valence electrons. The number of carbonyl (C=O) groups excluding carboxylic acids is 2. The SMILES string of the molecule is CC1=CC(=O)N(CC(OOC2(C)CCC3CC2C3(C)C)OOC2(C)CCC3CC2C3(C)C)C1=O. The third-order valence-corrected chi connectivity index (χ3v) is 10.6. The predicted octanol–water partition coefficient (Wildman–Crippen LogP) is 4.95. The summed E-state index contributed by atoms with van der Waals surface area (Å²) in [6.07, 6.45) is 6.63. The Bertz CT molecular complexity index is 859. The molecule has 0 aromatic rings. The molecule has 0 aromatic heterocycles. The maximum atomic E-state index is 12.5. The number of carbonyl (C=O) groups is 2. The zero-order valence-corrected chi connectivity index (χ0v) is 21.8. The molecule has 7 heteroatoms. The van der Waals surface area contributed by atoms with Crippen LogP contribution in [0.2, 0.25) is 0 Å². The molecule has 6 saturated carbocycles. The highest BCUT2D eigenvalue weighted by molar-refractivity contribution is 6.15. The second kappa shape index (κ2) is 7.86. The molecule has 6 aliphatic carbocycles. The Labute approximate surface area is 203 Å². The molecule has 4 bridgehead atoms. The topological polar surface area (TPSA) is 74.3 Å². The van der Waals surface area contributed by atoms with Gasteiger partial charge >= 0.3 is 0 Å². The highest BCUT2D eigenvalue weighted by Gasteiger charge is 2.62. The van der Waals surface area contributed by atoms with Crippen LogP contribution >= 0.6 is 0 Å². The molecule has 6 fully saturated rings. The number of rotatable bonds is 8. The van der Waals surface area contributed by atoms with Gasteiger partial charge in [-0.05, 0) is 93.8 Å². The van der Waals surface area contributed by atoms with E-state index in [-0.39, 0.29) is 29.2 Å². The molecule has 0 spiro atoms. The van der Waals surface area contributed by atoms with Gasteiger partial charge in [-0.2, -0.15) is 9.78 Å². The Kier molecular flexibility index (Phi) is 5.64. The zero-order valence-electron chi connectivity index (χ0n) is 21.8. The summed E-state index contributed by atoms with van der Waals surface area (Å²) in [7, 11) is 0. The summed E-state index contributed by atoms with van der Waals surface area (Å²) in [6.45, 7) is 15.0. The first kappa shape index (κ1) is 24.4. The molecule has 0 N–H and O–H groups in total. The number of hydrogen-bond donors (Lipinski definition) is 0. The van der Waals surface area contributed by atoms with Crippen LogP contribution in [0.15, 0.2) is 11.6 Å². The van der Waals surface area contributed by atoms with Crippen LogP contribution in [-0.4, -0.2) is 40.8 Å². The average Bonchev–Trinajstić information content (AvgIpc) is 3.00. The first-order chi connectivity index (χ1) is 15.8. The van der Waals surface area contributed by atoms with Crippen molar-refractivity contribution in [2.24, 2.45) is 34.5 Å². The third-order valence-electron chi connectivity index (χ3n) is 10.6. The Morgan fingerprint density at radius 2 is 1.35 bits per heavy atom. The van der Waals surface area contributed by atoms with E-state index in [1.165, 1.54) is 6.08 Å². The number of imide groups is 1. The van der Waals surface area contributed by atoms with Crippen LogP contribution < -0.4 is 0 Å². The molecule has 7 aliphatic rings. The summed E-state index contributed by atoms with van der Waals surface area (Å²) in [5.74, 6) is 1.56. The van der Waals surface area contributed by atoms with Crippen molar-refractivity contribution in [1.82, 2.24) is 4.90 Å². The molecule has 1 heterocycles. The maximum absolute atomic E-state index is 12.5. The van der Waals surface area contributed by atoms with E-state index in [0.29, 0.717) is 17.4 Å². The third kappa shape index (κ3) is 3.61. The van der Waals surface area contributed by atoms with Gasteiger partial charge in [-0.1, -0.05) is 27.7 Å². The molecule has 2 amide bonds. The van der Waals surface area contributed by atoms with Gasteiger partial charge in [0, 0.05) is 11.6 Å². The molecule has 7 rings (SSSR count). The lowest BCUT2D eigenvalue weighted by Crippen LogP contribution is -2.62. The fraction of sp³-hybridized carbons (Fsp3) is 0.852. The van der Waals surface area contributed by atoms with E-state index in [4.69, 9.17) is 19.6 Å². The van der Waals surface area contributed by atoms with Gasteiger partial charge in [-0.15, -0.1) is 0 Å². The normalized spacial score (nSPS) is 42.7. The molecule has 0 aromatic carbocycles. The number of hydrogen-bond acceptors (Lipinski definition) is 6. The highest BCUT2D eigenvalue weighted by atomic mass is 17.3. The molecule has 1 aliphatic heterocycles. The van der Waals surface area contributed by atoms with Crippen molar-refractivity contribution in [2.75, 3.05) is 6.54 Å². The molecule has 7 nitrogen and oxygen atoms in total. The van der Waals surface area contributed by atoms with Gasteiger partial charge in [0.1, 0.15) is 11.2 Å². The summed E-state index contributed by atoms with van der Waals surface area (Å²) in [5.41, 5.74) is -0.0376. The van der Waals surface area contributed by atoms with Gasteiger partial charge in [0.15, 0.2) is 0 Å². The van der Waals surface area contributed by atoms with Crippen molar-refractivity contribution >= 4 is 11.8 Å². The Morgan fingerprint density at radius 1 is 0.882 bits per heavy atom. The maximum Gasteiger partial charge on any atom is 0.256 e. The van der Waals surface area contributed by atoms with Crippen LogP contribution in [0.1, 0.15) is 87.0 Å². The zero-order chi connectivity index (χ0) is 24.7. The quantitative estimate of drug-likeness (QED) is 0.214. The molecule has 34 heavy (non-hydrogen) atoms. The van der Waals surface area contributed by atoms with Gasteiger partial charge in [0.25, 0.3) is 11.8 Å². The van der Waals surface area contributed by atoms with E-state index in [0.717, 1.165) is 55.3 Å². The highest BCUT2D eigenvalue weighted by Crippen LogP contribution is 2.64. The van der Waals surface area contributed by atoms with Crippen molar-refractivity contribution in [1.29, 1.82) is 0 Å². The van der Waals surface area contributed by atoms with E-state index < -0.39 is 17.5 Å². The minimum atomic E-state index is -1.03. The van der Waals surface area contributed by atoms with Gasteiger partial charge in [0.05, 0.1) is 6.54 Å². The van der Waals surface area contributed by atoms with E-state index >= 15 is 0 Å². The van der Waals surface area contributed by atoms with Gasteiger partial charge in [0.2, 0.25) is 6.29 Å². The molecular weight excluding hydrogens is 434 g/mol. The fourth-order valence-electron chi connectivity index (χ4n) is 7.92. The largest absolute Gasteiger partial charge is 0.270 e. The van der Waals surface area contributed by atoms with Crippen LogP contribution in [0.3, 0.4) is 0 Å². The Balaban J connectivity index is 1.28. The lowest BCUT2D eigenvalue weighted by atomic mass is 9.44. The fourth-order valence-corrected chi connectivity index (χ4v) is 7.92. The first-order valence-electron chi connectivity index (χ1n) is 13.0. The van der Waals surface area contributed by atoms with Crippen molar-refractivity contribution in [2.45, 2.75) is 104 Å². The number of amides is 2. The second-order valence-corrected chi connectivity index (χ2v) is 13.2. The molecule has 6 atom stereocenters. The van der Waals surface area contributed by atoms with Gasteiger partial charge in [-0.25, -0.2) is 9.78 Å². The minimum absolute atomic E-state index is 0.0783. The van der Waals surface area contributed by atoms with E-state index in [9.17, 15) is 9.59 Å². The van der Waals surface area contributed by atoms with Gasteiger partial charge in [-0.3, -0.25) is 14.5 Å². The molecule has 6 unspecified atom stereocenters. The summed E-state index contributed by atoms with van der Waals surface area (Å²) in [4.78, 5) is 50.0. The standard InChI is InChI=1S/C27H41NO6/c1-16-12-21(29)28(23(16)30)15-22(31-33-26(6)10-8-17-13-19(26)24(17,2)3)32-34-27(7)11-9-18-14-20(27)25(18,4)5/h12,17-20,22H,8-11,13-15H2,1-7H3.